The van der Waals surface area contributed by atoms with E-state index in [1.807, 2.05) is 68.4 Å². The SMILES string of the molecule is CCN(C(=O)c1cccn(Cc2ccccc2)c1=O)c1cccc(C)c1. The predicted molar refractivity (Wildman–Crippen MR) is 105 cm³/mol. The van der Waals surface area contributed by atoms with Gasteiger partial charge in [0, 0.05) is 18.4 Å². The van der Waals surface area contributed by atoms with E-state index in [2.05, 4.69) is 0 Å². The van der Waals surface area contributed by atoms with Crippen LogP contribution in [0.4, 0.5) is 5.69 Å². The minimum Gasteiger partial charge on any atom is -0.310 e. The van der Waals surface area contributed by atoms with Gasteiger partial charge in [-0.2, -0.15) is 0 Å². The van der Waals surface area contributed by atoms with Crippen molar-refractivity contribution in [3.8, 4) is 0 Å². The normalized spacial score (nSPS) is 10.5. The zero-order chi connectivity index (χ0) is 18.5. The van der Waals surface area contributed by atoms with E-state index < -0.39 is 0 Å². The van der Waals surface area contributed by atoms with Crippen molar-refractivity contribution >= 4 is 11.6 Å². The summed E-state index contributed by atoms with van der Waals surface area (Å²) in [5.74, 6) is -0.273. The Kier molecular flexibility index (Phi) is 5.32. The molecule has 0 bridgehead atoms. The Hall–Kier alpha value is -3.14. The maximum absolute atomic E-state index is 13.0. The number of rotatable bonds is 5. The van der Waals surface area contributed by atoms with E-state index in [4.69, 9.17) is 0 Å². The van der Waals surface area contributed by atoms with Crippen molar-refractivity contribution in [2.45, 2.75) is 20.4 Å². The average Bonchev–Trinajstić information content (AvgIpc) is 2.65. The summed E-state index contributed by atoms with van der Waals surface area (Å²) in [5.41, 5.74) is 2.81. The molecule has 1 amide bonds. The minimum atomic E-state index is -0.273. The van der Waals surface area contributed by atoms with Gasteiger partial charge in [-0.3, -0.25) is 9.59 Å². The average molecular weight is 346 g/mol. The van der Waals surface area contributed by atoms with Crippen LogP contribution in [0.25, 0.3) is 0 Å². The summed E-state index contributed by atoms with van der Waals surface area (Å²) in [5, 5.41) is 0. The predicted octanol–water partition coefficient (Wildman–Crippen LogP) is 3.87. The van der Waals surface area contributed by atoms with E-state index in [9.17, 15) is 9.59 Å². The zero-order valence-electron chi connectivity index (χ0n) is 15.1. The number of aromatic nitrogens is 1. The van der Waals surface area contributed by atoms with Crippen molar-refractivity contribution < 1.29 is 4.79 Å². The highest BCUT2D eigenvalue weighted by molar-refractivity contribution is 6.05. The summed E-state index contributed by atoms with van der Waals surface area (Å²) in [6.07, 6.45) is 1.72. The van der Waals surface area contributed by atoms with Crippen LogP contribution in [0.2, 0.25) is 0 Å². The van der Waals surface area contributed by atoms with Gasteiger partial charge >= 0.3 is 0 Å². The summed E-state index contributed by atoms with van der Waals surface area (Å²) in [4.78, 5) is 27.5. The lowest BCUT2D eigenvalue weighted by Crippen LogP contribution is -2.36. The van der Waals surface area contributed by atoms with Gasteiger partial charge < -0.3 is 9.47 Å². The molecule has 0 spiro atoms. The molecule has 1 aromatic heterocycles. The summed E-state index contributed by atoms with van der Waals surface area (Å²) in [7, 11) is 0. The van der Waals surface area contributed by atoms with Gasteiger partial charge in [-0.25, -0.2) is 0 Å². The number of carbonyl (C=O) groups excluding carboxylic acids is 1. The molecule has 0 aliphatic rings. The molecule has 0 aliphatic carbocycles. The Balaban J connectivity index is 1.94. The second-order valence-electron chi connectivity index (χ2n) is 6.23. The van der Waals surface area contributed by atoms with Gasteiger partial charge in [0.25, 0.3) is 11.5 Å². The van der Waals surface area contributed by atoms with E-state index in [1.165, 1.54) is 0 Å². The minimum absolute atomic E-state index is 0.187. The van der Waals surface area contributed by atoms with Crippen molar-refractivity contribution in [1.29, 1.82) is 0 Å². The molecule has 26 heavy (non-hydrogen) atoms. The van der Waals surface area contributed by atoms with Gasteiger partial charge in [0.2, 0.25) is 0 Å². The second kappa shape index (κ2) is 7.83. The standard InChI is InChI=1S/C22H22N2O2/c1-3-24(19-12-7-9-17(2)15-19)22(26)20-13-8-14-23(21(20)25)16-18-10-5-4-6-11-18/h4-15H,3,16H2,1-2H3. The lowest BCUT2D eigenvalue weighted by molar-refractivity contribution is 0.0986. The molecule has 0 radical (unpaired) electrons. The molecule has 4 heteroatoms. The Bertz CT molecular complexity index is 961. The van der Waals surface area contributed by atoms with Crippen molar-refractivity contribution in [2.75, 3.05) is 11.4 Å². The zero-order valence-corrected chi connectivity index (χ0v) is 15.1. The van der Waals surface area contributed by atoms with Crippen LogP contribution in [-0.2, 0) is 6.54 Å². The van der Waals surface area contributed by atoms with E-state index in [0.717, 1.165) is 16.8 Å². The summed E-state index contributed by atoms with van der Waals surface area (Å²) in [6.45, 7) is 4.83. The monoisotopic (exact) mass is 346 g/mol. The van der Waals surface area contributed by atoms with E-state index in [-0.39, 0.29) is 17.0 Å². The molecule has 0 unspecified atom stereocenters. The third-order valence-corrected chi connectivity index (χ3v) is 4.32. The second-order valence-corrected chi connectivity index (χ2v) is 6.23. The van der Waals surface area contributed by atoms with Crippen molar-refractivity contribution in [3.63, 3.8) is 0 Å². The molecule has 2 aromatic carbocycles. The third-order valence-electron chi connectivity index (χ3n) is 4.32. The van der Waals surface area contributed by atoms with Gasteiger partial charge in [0.15, 0.2) is 0 Å². The van der Waals surface area contributed by atoms with Gasteiger partial charge in [0.1, 0.15) is 5.56 Å². The topological polar surface area (TPSA) is 42.3 Å². The molecular weight excluding hydrogens is 324 g/mol. The number of carbonyl (C=O) groups is 1. The number of benzene rings is 2. The smallest absolute Gasteiger partial charge is 0.263 e. The highest BCUT2D eigenvalue weighted by atomic mass is 16.2. The molecule has 0 fully saturated rings. The maximum atomic E-state index is 13.0. The number of aryl methyl sites for hydroxylation is 1. The molecule has 3 aromatic rings. The first-order chi connectivity index (χ1) is 12.6. The van der Waals surface area contributed by atoms with Crippen LogP contribution < -0.4 is 10.5 Å². The van der Waals surface area contributed by atoms with Crippen LogP contribution in [0.1, 0.15) is 28.4 Å². The first kappa shape index (κ1) is 17.7. The van der Waals surface area contributed by atoms with Gasteiger partial charge in [-0.1, -0.05) is 42.5 Å². The van der Waals surface area contributed by atoms with Gasteiger partial charge in [-0.15, -0.1) is 0 Å². The van der Waals surface area contributed by atoms with E-state index >= 15 is 0 Å². The third kappa shape index (κ3) is 3.75. The van der Waals surface area contributed by atoms with Crippen molar-refractivity contribution in [3.05, 3.63) is 100.0 Å². The fourth-order valence-electron chi connectivity index (χ4n) is 2.99. The maximum Gasteiger partial charge on any atom is 0.263 e. The molecule has 4 nitrogen and oxygen atoms in total. The first-order valence-corrected chi connectivity index (χ1v) is 8.72. The number of hydrogen-bond donors (Lipinski definition) is 0. The molecular formula is C22H22N2O2. The van der Waals surface area contributed by atoms with Crippen LogP contribution in [0.15, 0.2) is 77.7 Å². The Morgan fingerprint density at radius 1 is 1.00 bits per heavy atom. The highest BCUT2D eigenvalue weighted by Gasteiger charge is 2.20. The molecule has 0 saturated heterocycles. The van der Waals surface area contributed by atoms with Crippen LogP contribution in [-0.4, -0.2) is 17.0 Å². The summed E-state index contributed by atoms with van der Waals surface area (Å²) >= 11 is 0. The van der Waals surface area contributed by atoms with Crippen LogP contribution >= 0.6 is 0 Å². The van der Waals surface area contributed by atoms with Crippen LogP contribution in [0.5, 0.6) is 0 Å². The molecule has 3 rings (SSSR count). The number of anilines is 1. The quantitative estimate of drug-likeness (QED) is 0.704. The summed E-state index contributed by atoms with van der Waals surface area (Å²) in [6, 6.07) is 20.8. The summed E-state index contributed by atoms with van der Waals surface area (Å²) < 4.78 is 1.58. The Labute approximate surface area is 153 Å². The van der Waals surface area contributed by atoms with Gasteiger partial charge in [-0.05, 0) is 49.2 Å². The van der Waals surface area contributed by atoms with E-state index in [0.29, 0.717) is 13.1 Å². The molecule has 1 heterocycles. The molecule has 0 atom stereocenters. The van der Waals surface area contributed by atoms with Crippen molar-refractivity contribution in [2.24, 2.45) is 0 Å². The van der Waals surface area contributed by atoms with Crippen LogP contribution in [0.3, 0.4) is 0 Å². The Morgan fingerprint density at radius 3 is 2.46 bits per heavy atom. The number of nitrogens with zero attached hydrogens (tertiary/aromatic N) is 2. The largest absolute Gasteiger partial charge is 0.310 e. The number of hydrogen-bond acceptors (Lipinski definition) is 2. The fourth-order valence-corrected chi connectivity index (χ4v) is 2.99. The molecule has 0 saturated carbocycles. The van der Waals surface area contributed by atoms with E-state index in [1.54, 1.807) is 27.8 Å². The molecule has 132 valence electrons. The number of pyridine rings is 1. The Morgan fingerprint density at radius 2 is 1.77 bits per heavy atom. The number of amides is 1. The van der Waals surface area contributed by atoms with Gasteiger partial charge in [0.05, 0.1) is 6.54 Å². The highest BCUT2D eigenvalue weighted by Crippen LogP contribution is 2.17. The van der Waals surface area contributed by atoms with Crippen molar-refractivity contribution in [1.82, 2.24) is 4.57 Å². The fraction of sp³-hybridized carbons (Fsp3) is 0.182. The molecule has 0 aliphatic heterocycles. The lowest BCUT2D eigenvalue weighted by atomic mass is 10.1. The lowest BCUT2D eigenvalue weighted by Gasteiger charge is -2.21. The van der Waals surface area contributed by atoms with Crippen LogP contribution in [0, 0.1) is 6.92 Å². The molecule has 0 N–H and O–H groups in total. The first-order valence-electron chi connectivity index (χ1n) is 8.72.